The van der Waals surface area contributed by atoms with Gasteiger partial charge in [-0.15, -0.1) is 0 Å². The van der Waals surface area contributed by atoms with E-state index in [2.05, 4.69) is 61.5 Å². The van der Waals surface area contributed by atoms with E-state index in [1.807, 2.05) is 36.0 Å². The zero-order chi connectivity index (χ0) is 17.4. The van der Waals surface area contributed by atoms with Gasteiger partial charge in [-0.25, -0.2) is 0 Å². The molecule has 0 radical (unpaired) electrons. The first-order chi connectivity index (χ1) is 12.1. The largest absolute Gasteiger partial charge is 0.295 e. The van der Waals surface area contributed by atoms with E-state index in [1.54, 1.807) is 0 Å². The van der Waals surface area contributed by atoms with E-state index in [9.17, 15) is 0 Å². The third-order valence-corrected chi connectivity index (χ3v) is 6.24. The number of rotatable bonds is 3. The number of aliphatic imine (C=N–C) groups is 1. The third-order valence-electron chi connectivity index (χ3n) is 4.50. The molecule has 1 aliphatic rings. The zero-order valence-corrected chi connectivity index (χ0v) is 15.8. The van der Waals surface area contributed by atoms with Crippen molar-refractivity contribution < 1.29 is 0 Å². The van der Waals surface area contributed by atoms with Gasteiger partial charge in [0.2, 0.25) is 0 Å². The van der Waals surface area contributed by atoms with Gasteiger partial charge in [0.05, 0.1) is 5.37 Å². The molecule has 0 spiro atoms. The maximum Gasteiger partial charge on any atom is 0.102 e. The second kappa shape index (κ2) is 6.83. The lowest BCUT2D eigenvalue weighted by Gasteiger charge is -2.25. The van der Waals surface area contributed by atoms with Crippen LogP contribution in [0.1, 0.15) is 17.2 Å². The van der Waals surface area contributed by atoms with Crippen molar-refractivity contribution in [1.82, 2.24) is 4.90 Å². The van der Waals surface area contributed by atoms with Crippen LogP contribution in [0.25, 0.3) is 10.8 Å². The summed E-state index contributed by atoms with van der Waals surface area (Å²) in [6.45, 7) is 0. The van der Waals surface area contributed by atoms with Gasteiger partial charge in [-0.1, -0.05) is 78.0 Å². The molecule has 0 aromatic heterocycles. The van der Waals surface area contributed by atoms with Crippen LogP contribution in [0.15, 0.2) is 71.7 Å². The Morgan fingerprint density at radius 2 is 1.64 bits per heavy atom. The molecule has 2 unspecified atom stereocenters. The Morgan fingerprint density at radius 3 is 2.40 bits per heavy atom. The maximum atomic E-state index is 6.03. The molecule has 0 N–H and O–H groups in total. The van der Waals surface area contributed by atoms with Crippen LogP contribution in [0.4, 0.5) is 0 Å². The normalized spacial score (nSPS) is 20.2. The van der Waals surface area contributed by atoms with Gasteiger partial charge >= 0.3 is 0 Å². The van der Waals surface area contributed by atoms with E-state index in [0.29, 0.717) is 0 Å². The lowest BCUT2D eigenvalue weighted by molar-refractivity contribution is 0.350. The van der Waals surface area contributed by atoms with Gasteiger partial charge in [-0.05, 0) is 42.6 Å². The fourth-order valence-corrected chi connectivity index (χ4v) is 4.60. The van der Waals surface area contributed by atoms with Crippen molar-refractivity contribution in [2.24, 2.45) is 4.99 Å². The Morgan fingerprint density at radius 1 is 0.920 bits per heavy atom. The predicted octanol–water partition coefficient (Wildman–Crippen LogP) is 5.62. The molecule has 0 bridgehead atoms. The smallest absolute Gasteiger partial charge is 0.102 e. The summed E-state index contributed by atoms with van der Waals surface area (Å²) in [4.78, 5) is 7.36. The van der Waals surface area contributed by atoms with Gasteiger partial charge in [0.15, 0.2) is 0 Å². The highest BCUT2D eigenvalue weighted by atomic mass is 35.5. The molecule has 2 atom stereocenters. The van der Waals surface area contributed by atoms with Gasteiger partial charge in [-0.3, -0.25) is 9.89 Å². The first-order valence-electron chi connectivity index (χ1n) is 8.28. The molecule has 0 fully saturated rings. The van der Waals surface area contributed by atoms with Crippen molar-refractivity contribution in [2.45, 2.75) is 11.4 Å². The average Bonchev–Trinajstić information content (AvgIpc) is 3.07. The number of likely N-dealkylation sites (N-methyl/N-ethyl adjacent to an activating group) is 1. The van der Waals surface area contributed by atoms with E-state index < -0.39 is 0 Å². The fourth-order valence-electron chi connectivity index (χ4n) is 3.25. The Kier molecular flexibility index (Phi) is 4.55. The fraction of sp³-hybridized carbons (Fsp3) is 0.190. The molecule has 1 aliphatic heterocycles. The second-order valence-electron chi connectivity index (χ2n) is 6.43. The molecular weight excluding hydrogens is 348 g/mol. The molecule has 3 aromatic carbocycles. The van der Waals surface area contributed by atoms with E-state index in [0.717, 1.165) is 15.6 Å². The second-order valence-corrected chi connectivity index (χ2v) is 7.97. The number of thioether (sulfide) groups is 1. The van der Waals surface area contributed by atoms with Gasteiger partial charge in [0.25, 0.3) is 0 Å². The summed E-state index contributed by atoms with van der Waals surface area (Å²) < 4.78 is 0. The number of nitrogens with zero attached hydrogens (tertiary/aromatic N) is 2. The Balaban J connectivity index is 1.81. The summed E-state index contributed by atoms with van der Waals surface area (Å²) in [6.07, 6.45) is 0. The molecule has 4 heteroatoms. The average molecular weight is 367 g/mol. The zero-order valence-electron chi connectivity index (χ0n) is 14.2. The highest BCUT2D eigenvalue weighted by Crippen LogP contribution is 2.42. The van der Waals surface area contributed by atoms with Crippen molar-refractivity contribution >= 4 is 39.2 Å². The van der Waals surface area contributed by atoms with E-state index in [1.165, 1.54) is 16.3 Å². The maximum absolute atomic E-state index is 6.03. The summed E-state index contributed by atoms with van der Waals surface area (Å²) in [5, 5.41) is 4.65. The lowest BCUT2D eigenvalue weighted by atomic mass is 9.98. The molecule has 2 nitrogen and oxygen atoms in total. The SMILES string of the molecule is CN(C)C1SC(c2ccc(Cl)cc2)=NC1c1cccc2ccccc12. The topological polar surface area (TPSA) is 15.6 Å². The van der Waals surface area contributed by atoms with Crippen LogP contribution in [0.5, 0.6) is 0 Å². The van der Waals surface area contributed by atoms with Crippen LogP contribution in [0.3, 0.4) is 0 Å². The van der Waals surface area contributed by atoms with E-state index in [-0.39, 0.29) is 11.4 Å². The van der Waals surface area contributed by atoms with Crippen molar-refractivity contribution in [1.29, 1.82) is 0 Å². The molecular formula is C21H19ClN2S. The van der Waals surface area contributed by atoms with Crippen LogP contribution in [-0.2, 0) is 0 Å². The van der Waals surface area contributed by atoms with Crippen LogP contribution in [0.2, 0.25) is 5.02 Å². The van der Waals surface area contributed by atoms with Crippen molar-refractivity contribution in [3.8, 4) is 0 Å². The molecule has 4 rings (SSSR count). The van der Waals surface area contributed by atoms with E-state index >= 15 is 0 Å². The number of hydrogen-bond donors (Lipinski definition) is 0. The summed E-state index contributed by atoms with van der Waals surface area (Å²) in [5.41, 5.74) is 2.41. The standard InChI is InChI=1S/C21H19ClN2S/c1-24(2)21-19(18-9-5-7-14-6-3-4-8-17(14)18)23-20(25-21)15-10-12-16(22)13-11-15/h3-13,19,21H,1-2H3. The molecule has 0 saturated carbocycles. The predicted molar refractivity (Wildman–Crippen MR) is 110 cm³/mol. The minimum atomic E-state index is 0.108. The monoisotopic (exact) mass is 366 g/mol. The summed E-state index contributed by atoms with van der Waals surface area (Å²) in [7, 11) is 4.24. The first kappa shape index (κ1) is 16.6. The number of benzene rings is 3. The first-order valence-corrected chi connectivity index (χ1v) is 9.54. The van der Waals surface area contributed by atoms with Gasteiger partial charge < -0.3 is 0 Å². The molecule has 0 amide bonds. The summed E-state index contributed by atoms with van der Waals surface area (Å²) in [5.74, 6) is 0. The lowest BCUT2D eigenvalue weighted by Crippen LogP contribution is -2.28. The Labute approximate surface area is 157 Å². The highest BCUT2D eigenvalue weighted by molar-refractivity contribution is 8.15. The van der Waals surface area contributed by atoms with Gasteiger partial charge in [0, 0.05) is 10.6 Å². The van der Waals surface area contributed by atoms with Crippen LogP contribution >= 0.6 is 23.4 Å². The van der Waals surface area contributed by atoms with Crippen molar-refractivity contribution in [3.63, 3.8) is 0 Å². The molecule has 0 aliphatic carbocycles. The molecule has 1 heterocycles. The highest BCUT2D eigenvalue weighted by Gasteiger charge is 2.34. The molecule has 126 valence electrons. The van der Waals surface area contributed by atoms with Crippen LogP contribution < -0.4 is 0 Å². The van der Waals surface area contributed by atoms with Crippen LogP contribution in [0, 0.1) is 0 Å². The minimum absolute atomic E-state index is 0.108. The molecule has 0 saturated heterocycles. The molecule has 3 aromatic rings. The number of hydrogen-bond acceptors (Lipinski definition) is 3. The van der Waals surface area contributed by atoms with Gasteiger partial charge in [0.1, 0.15) is 11.1 Å². The van der Waals surface area contributed by atoms with Crippen LogP contribution in [-0.4, -0.2) is 29.4 Å². The minimum Gasteiger partial charge on any atom is -0.295 e. The van der Waals surface area contributed by atoms with Gasteiger partial charge in [-0.2, -0.15) is 0 Å². The Hall–Kier alpha value is -1.81. The van der Waals surface area contributed by atoms with E-state index in [4.69, 9.17) is 16.6 Å². The quantitative estimate of drug-likeness (QED) is 0.598. The summed E-state index contributed by atoms with van der Waals surface area (Å²) in [6, 6.07) is 23.1. The van der Waals surface area contributed by atoms with Crippen molar-refractivity contribution in [3.05, 3.63) is 82.9 Å². The molecule has 25 heavy (non-hydrogen) atoms. The summed E-state index contributed by atoms with van der Waals surface area (Å²) >= 11 is 7.85. The number of halogens is 1. The Bertz CT molecular complexity index is 929. The van der Waals surface area contributed by atoms with Crippen molar-refractivity contribution in [2.75, 3.05) is 14.1 Å². The number of fused-ring (bicyclic) bond motifs is 1. The third kappa shape index (κ3) is 3.20.